The van der Waals surface area contributed by atoms with E-state index in [1.54, 1.807) is 13.8 Å². The largest absolute Gasteiger partial charge is 0.508 e. The van der Waals surface area contributed by atoms with Gasteiger partial charge in [-0.1, -0.05) is 12.0 Å². The number of β-amino-alcohol motifs (C(OH)–C–C–N with tert-alkyl or cyclic N) is 1. The monoisotopic (exact) mass is 645 g/mol. The van der Waals surface area contributed by atoms with Crippen LogP contribution in [0.3, 0.4) is 0 Å². The Morgan fingerprint density at radius 2 is 1.85 bits per heavy atom. The predicted octanol–water partition coefficient (Wildman–Crippen LogP) is 5.50. The number of aromatic hydroxyl groups is 1. The summed E-state index contributed by atoms with van der Waals surface area (Å²) >= 11 is 0. The van der Waals surface area contributed by atoms with Crippen LogP contribution in [0.15, 0.2) is 30.3 Å². The number of hydrogen-bond donors (Lipinski definition) is 3. The molecule has 3 saturated heterocycles. The lowest BCUT2D eigenvalue weighted by Gasteiger charge is -2.38. The number of phenols is 1. The Bertz CT molecular complexity index is 1930. The molecule has 3 aromatic carbocycles. The van der Waals surface area contributed by atoms with Crippen LogP contribution in [-0.4, -0.2) is 81.1 Å². The first-order valence-corrected chi connectivity index (χ1v) is 16.1. The molecule has 0 spiro atoms. The molecule has 7 rings (SSSR count). The molecule has 1 unspecified atom stereocenters. The zero-order valence-electron chi connectivity index (χ0n) is 26.7. The van der Waals surface area contributed by atoms with E-state index in [2.05, 4.69) is 28.0 Å². The molecule has 0 saturated carbocycles. The van der Waals surface area contributed by atoms with E-state index in [0.29, 0.717) is 30.8 Å². The molecule has 11 heteroatoms. The maximum atomic E-state index is 16.9. The summed E-state index contributed by atoms with van der Waals surface area (Å²) in [7, 11) is 0. The fraction of sp³-hybridized carbons (Fsp3) is 0.444. The number of ether oxygens (including phenoxy) is 1. The van der Waals surface area contributed by atoms with Gasteiger partial charge in [-0.2, -0.15) is 9.97 Å². The minimum atomic E-state index is -0.999. The minimum Gasteiger partial charge on any atom is -0.508 e. The second-order valence-electron chi connectivity index (χ2n) is 14.1. The van der Waals surface area contributed by atoms with Crippen LogP contribution in [0.2, 0.25) is 0 Å². The third kappa shape index (κ3) is 5.73. The molecular formula is C36H38F3N5O3. The van der Waals surface area contributed by atoms with Crippen molar-refractivity contribution in [1.82, 2.24) is 20.2 Å². The topological polar surface area (TPSA) is 94.0 Å². The lowest BCUT2D eigenvalue weighted by Crippen LogP contribution is -2.51. The van der Waals surface area contributed by atoms with Gasteiger partial charge in [0.25, 0.3) is 0 Å². The van der Waals surface area contributed by atoms with Gasteiger partial charge in [-0.3, -0.25) is 4.90 Å². The van der Waals surface area contributed by atoms with Crippen molar-refractivity contribution in [3.05, 3.63) is 53.3 Å². The molecule has 2 bridgehead atoms. The molecule has 0 aliphatic carbocycles. The van der Waals surface area contributed by atoms with E-state index < -0.39 is 34.2 Å². The Balaban J connectivity index is 1.38. The number of likely N-dealkylation sites (tertiary alicyclic amines) is 1. The number of fused-ring (bicyclic) bond motifs is 4. The number of rotatable bonds is 7. The smallest absolute Gasteiger partial charge is 0.319 e. The van der Waals surface area contributed by atoms with Crippen LogP contribution in [0.5, 0.6) is 11.8 Å². The first-order valence-electron chi connectivity index (χ1n) is 16.1. The summed E-state index contributed by atoms with van der Waals surface area (Å²) in [5, 5.41) is 25.2. The summed E-state index contributed by atoms with van der Waals surface area (Å²) in [5.74, 6) is -0.230. The summed E-state index contributed by atoms with van der Waals surface area (Å²) in [6, 6.07) is 6.70. The van der Waals surface area contributed by atoms with E-state index in [1.807, 2.05) is 4.90 Å². The average Bonchev–Trinajstić information content (AvgIpc) is 3.54. The lowest BCUT2D eigenvalue weighted by atomic mass is 9.92. The lowest BCUT2D eigenvalue weighted by molar-refractivity contribution is -0.00327. The van der Waals surface area contributed by atoms with Crippen molar-refractivity contribution in [3.63, 3.8) is 0 Å². The molecule has 3 aliphatic heterocycles. The van der Waals surface area contributed by atoms with E-state index in [1.165, 1.54) is 24.3 Å². The summed E-state index contributed by atoms with van der Waals surface area (Å²) in [6.45, 7) is 8.24. The highest BCUT2D eigenvalue weighted by Gasteiger charge is 2.40. The van der Waals surface area contributed by atoms with E-state index in [-0.39, 0.29) is 57.9 Å². The Morgan fingerprint density at radius 3 is 2.55 bits per heavy atom. The maximum Gasteiger partial charge on any atom is 0.319 e. The zero-order chi connectivity index (χ0) is 33.2. The number of anilines is 1. The van der Waals surface area contributed by atoms with Crippen LogP contribution < -0.4 is 15.0 Å². The molecule has 4 heterocycles. The third-order valence-corrected chi connectivity index (χ3v) is 9.82. The fourth-order valence-electron chi connectivity index (χ4n) is 7.64. The van der Waals surface area contributed by atoms with E-state index in [0.717, 1.165) is 38.3 Å². The van der Waals surface area contributed by atoms with Gasteiger partial charge >= 0.3 is 6.01 Å². The summed E-state index contributed by atoms with van der Waals surface area (Å²) < 4.78 is 54.2. The van der Waals surface area contributed by atoms with Crippen molar-refractivity contribution in [1.29, 1.82) is 0 Å². The number of aromatic nitrogens is 2. The molecule has 3 atom stereocenters. The quantitative estimate of drug-likeness (QED) is 0.227. The van der Waals surface area contributed by atoms with Gasteiger partial charge < -0.3 is 25.2 Å². The van der Waals surface area contributed by atoms with Gasteiger partial charge in [-0.05, 0) is 82.7 Å². The fourth-order valence-corrected chi connectivity index (χ4v) is 7.64. The Hall–Kier alpha value is -4.11. The summed E-state index contributed by atoms with van der Waals surface area (Å²) in [5.41, 5.74) is -2.23. The van der Waals surface area contributed by atoms with Gasteiger partial charge in [-0.25, -0.2) is 13.2 Å². The van der Waals surface area contributed by atoms with Gasteiger partial charge in [-0.15, -0.1) is 6.42 Å². The van der Waals surface area contributed by atoms with Crippen LogP contribution in [0, 0.1) is 29.8 Å². The number of benzene rings is 3. The van der Waals surface area contributed by atoms with Crippen molar-refractivity contribution in [2.24, 2.45) is 0 Å². The number of phenolic OH excluding ortho intramolecular Hbond substituents is 1. The molecule has 3 aliphatic rings. The molecular weight excluding hydrogens is 607 g/mol. The van der Waals surface area contributed by atoms with Gasteiger partial charge in [0.1, 0.15) is 35.3 Å². The molecule has 8 nitrogen and oxygen atoms in total. The van der Waals surface area contributed by atoms with Crippen LogP contribution >= 0.6 is 0 Å². The molecule has 47 heavy (non-hydrogen) atoms. The van der Waals surface area contributed by atoms with Gasteiger partial charge in [0.2, 0.25) is 0 Å². The van der Waals surface area contributed by atoms with Crippen molar-refractivity contribution >= 4 is 27.5 Å². The van der Waals surface area contributed by atoms with Crippen LogP contribution in [-0.2, 0) is 0 Å². The van der Waals surface area contributed by atoms with E-state index in [9.17, 15) is 14.6 Å². The number of nitrogens with zero attached hydrogens (tertiary/aromatic N) is 4. The number of piperazine rings is 1. The molecule has 1 aromatic heterocycles. The van der Waals surface area contributed by atoms with Gasteiger partial charge in [0.05, 0.1) is 22.3 Å². The van der Waals surface area contributed by atoms with Crippen LogP contribution in [0.4, 0.5) is 19.0 Å². The Labute approximate surface area is 271 Å². The first-order chi connectivity index (χ1) is 22.3. The molecule has 4 aromatic rings. The molecule has 3 fully saturated rings. The average molecular weight is 646 g/mol. The molecule has 246 valence electrons. The molecule has 3 N–H and O–H groups in total. The number of hydrogen-bond acceptors (Lipinski definition) is 8. The highest BCUT2D eigenvalue weighted by Crippen LogP contribution is 2.42. The molecule has 0 amide bonds. The first kappa shape index (κ1) is 31.5. The van der Waals surface area contributed by atoms with Crippen molar-refractivity contribution in [2.45, 2.75) is 69.7 Å². The number of halogens is 3. The van der Waals surface area contributed by atoms with Crippen LogP contribution in [0.25, 0.3) is 32.8 Å². The standard InChI is InChI=1S/C36H38F3N5O3/c1-5-24-27(37)10-7-20-13-23(45)14-25(29(20)24)30-28(38)15-26-32(31(30)39)41-34(42-33(26)43-16-21-8-9-22(17-43)40-21)47-19-36(4)11-6-12-44(36)18-35(2,3)46/h1,7,10,13-15,21-22,40,45-46H,6,8-9,11-12,16-19H2,2-4H3/t21-,22+,36?. The second kappa shape index (κ2) is 11.5. The van der Waals surface area contributed by atoms with Crippen molar-refractivity contribution in [2.75, 3.05) is 37.7 Å². The normalized spacial score (nSPS) is 23.1. The van der Waals surface area contributed by atoms with Crippen molar-refractivity contribution < 1.29 is 28.1 Å². The summed E-state index contributed by atoms with van der Waals surface area (Å²) in [6.07, 6.45) is 9.40. The minimum absolute atomic E-state index is 0.0534. The molecule has 0 radical (unpaired) electrons. The van der Waals surface area contributed by atoms with Crippen LogP contribution in [0.1, 0.15) is 52.0 Å². The predicted molar refractivity (Wildman–Crippen MR) is 175 cm³/mol. The third-order valence-electron chi connectivity index (χ3n) is 9.82. The second-order valence-corrected chi connectivity index (χ2v) is 14.1. The van der Waals surface area contributed by atoms with Gasteiger partial charge in [0, 0.05) is 48.1 Å². The highest BCUT2D eigenvalue weighted by atomic mass is 19.1. The Morgan fingerprint density at radius 1 is 1.11 bits per heavy atom. The maximum absolute atomic E-state index is 16.9. The number of aliphatic hydroxyl groups is 1. The Kier molecular flexibility index (Phi) is 7.73. The van der Waals surface area contributed by atoms with Crippen molar-refractivity contribution in [3.8, 4) is 35.2 Å². The van der Waals surface area contributed by atoms with Gasteiger partial charge in [0.15, 0.2) is 5.82 Å². The number of nitrogens with one attached hydrogen (secondary N) is 1. The zero-order valence-corrected chi connectivity index (χ0v) is 26.7. The SMILES string of the molecule is C#Cc1c(F)ccc2cc(O)cc(-c3c(F)cc4c(N5C[C@H]6CC[C@@H](C5)N6)nc(OCC5(C)CCCN5CC(C)(C)O)nc4c3F)c12. The summed E-state index contributed by atoms with van der Waals surface area (Å²) in [4.78, 5) is 13.5. The number of terminal acetylenes is 1. The van der Waals surface area contributed by atoms with E-state index in [4.69, 9.17) is 16.1 Å². The highest BCUT2D eigenvalue weighted by molar-refractivity contribution is 6.04. The van der Waals surface area contributed by atoms with E-state index >= 15 is 8.78 Å².